The number of Topliss-reactive ketones (excluding diaryl/α,β-unsaturated/α-hetero) is 1. The Morgan fingerprint density at radius 3 is 2.38 bits per heavy atom. The molecule has 0 saturated carbocycles. The summed E-state index contributed by atoms with van der Waals surface area (Å²) in [5.41, 5.74) is 1.00. The number of ketones is 1. The third kappa shape index (κ3) is 7.37. The van der Waals surface area contributed by atoms with Crippen LogP contribution in [0.25, 0.3) is 5.76 Å². The van der Waals surface area contributed by atoms with E-state index >= 15 is 0 Å². The van der Waals surface area contributed by atoms with E-state index in [2.05, 4.69) is 25.4 Å². The lowest BCUT2D eigenvalue weighted by Crippen LogP contribution is -2.29. The van der Waals surface area contributed by atoms with Gasteiger partial charge in [0.15, 0.2) is 16.6 Å². The number of thiazole rings is 1. The molecule has 2 heterocycles. The number of carbonyl (C=O) groups excluding carboxylic acids is 3. The van der Waals surface area contributed by atoms with Crippen LogP contribution in [0.2, 0.25) is 0 Å². The van der Waals surface area contributed by atoms with Gasteiger partial charge in [-0.05, 0) is 61.7 Å². The van der Waals surface area contributed by atoms with Gasteiger partial charge in [0.05, 0.1) is 37.6 Å². The highest BCUT2D eigenvalue weighted by atomic mass is 32.1. The Kier molecular flexibility index (Phi) is 11.4. The molecule has 1 amide bonds. The van der Waals surface area contributed by atoms with Crippen molar-refractivity contribution < 1.29 is 38.4 Å². The molecule has 1 atom stereocenters. The largest absolute Gasteiger partial charge is 0.507 e. The molecule has 238 valence electrons. The molecule has 1 aliphatic heterocycles. The molecule has 2 aromatic carbocycles. The molecule has 0 aliphatic carbocycles. The molecule has 0 unspecified atom stereocenters. The molecule has 10 nitrogen and oxygen atoms in total. The predicted octanol–water partition coefficient (Wildman–Crippen LogP) is 6.79. The number of aliphatic hydroxyl groups is 1. The van der Waals surface area contributed by atoms with Gasteiger partial charge in [-0.2, -0.15) is 0 Å². The molecule has 0 spiro atoms. The fraction of sp³-hybridized carbons (Fsp3) is 0.353. The first-order valence-electron chi connectivity index (χ1n) is 14.9. The summed E-state index contributed by atoms with van der Waals surface area (Å²) in [6, 6.07) is 10.7. The number of aliphatic hydroxyl groups excluding tert-OH is 1. The summed E-state index contributed by atoms with van der Waals surface area (Å²) in [4.78, 5) is 45.9. The van der Waals surface area contributed by atoms with Crippen LogP contribution in [0.5, 0.6) is 17.2 Å². The Morgan fingerprint density at radius 2 is 1.73 bits per heavy atom. The molecule has 1 aromatic heterocycles. The van der Waals surface area contributed by atoms with Gasteiger partial charge in [-0.1, -0.05) is 56.7 Å². The van der Waals surface area contributed by atoms with Crippen molar-refractivity contribution in [3.05, 3.63) is 82.4 Å². The Labute approximate surface area is 266 Å². The highest BCUT2D eigenvalue weighted by molar-refractivity contribution is 7.17. The summed E-state index contributed by atoms with van der Waals surface area (Å²) in [6.07, 6.45) is 5.15. The maximum Gasteiger partial charge on any atom is 0.350 e. The second-order valence-corrected chi connectivity index (χ2v) is 11.3. The number of nitrogens with zero attached hydrogens (tertiary/aromatic N) is 2. The monoisotopic (exact) mass is 634 g/mol. The zero-order valence-electron chi connectivity index (χ0n) is 26.0. The van der Waals surface area contributed by atoms with Crippen LogP contribution in [-0.4, -0.2) is 54.7 Å². The van der Waals surface area contributed by atoms with Crippen molar-refractivity contribution in [3.8, 4) is 17.2 Å². The number of aromatic nitrogens is 1. The number of methoxy groups -OCH3 is 1. The molecule has 1 N–H and O–H groups in total. The molecule has 1 saturated heterocycles. The summed E-state index contributed by atoms with van der Waals surface area (Å²) in [6.45, 7) is 10.4. The molecule has 45 heavy (non-hydrogen) atoms. The van der Waals surface area contributed by atoms with Crippen molar-refractivity contribution in [2.24, 2.45) is 0 Å². The highest BCUT2D eigenvalue weighted by Crippen LogP contribution is 2.45. The minimum absolute atomic E-state index is 0.00489. The smallest absolute Gasteiger partial charge is 0.350 e. The van der Waals surface area contributed by atoms with Gasteiger partial charge >= 0.3 is 11.9 Å². The summed E-state index contributed by atoms with van der Waals surface area (Å²) in [5.74, 6) is -1.26. The van der Waals surface area contributed by atoms with Crippen LogP contribution in [0.1, 0.15) is 72.1 Å². The number of benzene rings is 2. The van der Waals surface area contributed by atoms with Crippen LogP contribution < -0.4 is 19.1 Å². The van der Waals surface area contributed by atoms with Crippen LogP contribution in [-0.2, 0) is 14.3 Å². The topological polar surface area (TPSA) is 124 Å². The number of ether oxygens (including phenoxy) is 4. The molecular formula is C34H38N2O8S. The van der Waals surface area contributed by atoms with Gasteiger partial charge in [0.1, 0.15) is 23.0 Å². The van der Waals surface area contributed by atoms with E-state index in [0.717, 1.165) is 37.0 Å². The number of anilines is 1. The van der Waals surface area contributed by atoms with Crippen LogP contribution in [0.3, 0.4) is 0 Å². The number of hydrogen-bond acceptors (Lipinski definition) is 10. The van der Waals surface area contributed by atoms with Gasteiger partial charge < -0.3 is 24.1 Å². The second kappa shape index (κ2) is 15.4. The van der Waals surface area contributed by atoms with Crippen molar-refractivity contribution >= 4 is 39.9 Å². The van der Waals surface area contributed by atoms with Crippen molar-refractivity contribution in [2.45, 2.75) is 52.5 Å². The number of hydrogen-bond donors (Lipinski definition) is 1. The quantitative estimate of drug-likeness (QED) is 0.0481. The fourth-order valence-corrected chi connectivity index (χ4v) is 5.71. The Morgan fingerprint density at radius 1 is 1.04 bits per heavy atom. The van der Waals surface area contributed by atoms with E-state index in [1.54, 1.807) is 49.4 Å². The first-order chi connectivity index (χ1) is 21.7. The molecule has 3 aromatic rings. The van der Waals surface area contributed by atoms with E-state index < -0.39 is 23.7 Å². The lowest BCUT2D eigenvalue weighted by Gasteiger charge is -2.24. The van der Waals surface area contributed by atoms with Crippen LogP contribution in [0.4, 0.5) is 5.13 Å². The van der Waals surface area contributed by atoms with E-state index in [0.29, 0.717) is 47.3 Å². The minimum atomic E-state index is -1.09. The summed E-state index contributed by atoms with van der Waals surface area (Å²) in [5, 5.41) is 11.7. The summed E-state index contributed by atoms with van der Waals surface area (Å²) >= 11 is 0.923. The van der Waals surface area contributed by atoms with Crippen LogP contribution in [0.15, 0.2) is 60.7 Å². The number of rotatable bonds is 15. The maximum absolute atomic E-state index is 13.7. The van der Waals surface area contributed by atoms with Gasteiger partial charge in [0, 0.05) is 5.56 Å². The Balaban J connectivity index is 1.83. The predicted molar refractivity (Wildman–Crippen MR) is 172 cm³/mol. The minimum Gasteiger partial charge on any atom is -0.507 e. The lowest BCUT2D eigenvalue weighted by molar-refractivity contribution is -0.132. The first kappa shape index (κ1) is 33.3. The Bertz CT molecular complexity index is 1580. The summed E-state index contributed by atoms with van der Waals surface area (Å²) < 4.78 is 22.4. The van der Waals surface area contributed by atoms with Gasteiger partial charge in [-0.3, -0.25) is 14.5 Å². The molecule has 1 aliphatic rings. The van der Waals surface area contributed by atoms with E-state index in [-0.39, 0.29) is 27.9 Å². The van der Waals surface area contributed by atoms with E-state index in [4.69, 9.17) is 18.9 Å². The molecule has 1 fully saturated rings. The van der Waals surface area contributed by atoms with Gasteiger partial charge in [0.25, 0.3) is 5.78 Å². The first-order valence-corrected chi connectivity index (χ1v) is 15.7. The van der Waals surface area contributed by atoms with Crippen molar-refractivity contribution in [2.75, 3.05) is 31.8 Å². The van der Waals surface area contributed by atoms with E-state index in [1.165, 1.54) is 18.1 Å². The number of aryl methyl sites for hydroxylation is 1. The van der Waals surface area contributed by atoms with Crippen LogP contribution in [0, 0.1) is 6.92 Å². The fourth-order valence-electron chi connectivity index (χ4n) is 4.72. The van der Waals surface area contributed by atoms with Crippen LogP contribution >= 0.6 is 11.3 Å². The zero-order chi connectivity index (χ0) is 32.5. The lowest BCUT2D eigenvalue weighted by atomic mass is 9.95. The average molecular weight is 635 g/mol. The van der Waals surface area contributed by atoms with E-state index in [1.807, 2.05) is 0 Å². The highest BCUT2D eigenvalue weighted by Gasteiger charge is 2.48. The number of unbranched alkanes of at least 4 members (excludes halogenated alkanes) is 2. The van der Waals surface area contributed by atoms with Crippen molar-refractivity contribution in [1.29, 1.82) is 0 Å². The molecule has 0 radical (unpaired) electrons. The molecular weight excluding hydrogens is 596 g/mol. The second-order valence-electron chi connectivity index (χ2n) is 10.3. The number of amides is 1. The third-order valence-corrected chi connectivity index (χ3v) is 8.24. The van der Waals surface area contributed by atoms with Crippen molar-refractivity contribution in [1.82, 2.24) is 4.98 Å². The molecule has 11 heteroatoms. The zero-order valence-corrected chi connectivity index (χ0v) is 26.8. The Hall–Kier alpha value is -4.64. The SMILES string of the molecule is C=CCOC(=O)c1sc(N2C(=O)C(=O)C(=C(O)c3ccc(OCCCC)cc3)[C@H]2c2ccc(OCCCC)c(OC)c2)nc1C. The standard InChI is InChI=1S/C34H38N2O8S/c1-6-9-18-42-24-14-11-22(12-15-24)29(37)27-28(23-13-16-25(26(20-23)41-5)43-19-10-7-2)36(32(39)30(27)38)34-35-21(4)31(45-34)33(40)44-17-8-3/h8,11-16,20,28,37H,3,6-7,9-10,17-19H2,1-2,4-5H3/t28-/m1/s1. The van der Waals surface area contributed by atoms with Gasteiger partial charge in [-0.15, -0.1) is 0 Å². The number of carbonyl (C=O) groups is 3. The summed E-state index contributed by atoms with van der Waals surface area (Å²) in [7, 11) is 1.50. The van der Waals surface area contributed by atoms with E-state index in [9.17, 15) is 19.5 Å². The maximum atomic E-state index is 13.7. The molecule has 0 bridgehead atoms. The average Bonchev–Trinajstić information content (AvgIpc) is 3.56. The third-order valence-electron chi connectivity index (χ3n) is 7.11. The molecule has 4 rings (SSSR count). The van der Waals surface area contributed by atoms with Gasteiger partial charge in [-0.25, -0.2) is 9.78 Å². The normalized spacial score (nSPS) is 15.6. The number of esters is 1. The van der Waals surface area contributed by atoms with Crippen molar-refractivity contribution in [3.63, 3.8) is 0 Å². The van der Waals surface area contributed by atoms with Gasteiger partial charge in [0.2, 0.25) is 0 Å².